The van der Waals surface area contributed by atoms with Crippen molar-refractivity contribution in [3.63, 3.8) is 0 Å². The topological polar surface area (TPSA) is 64.6 Å². The summed E-state index contributed by atoms with van der Waals surface area (Å²) in [5.41, 5.74) is 0.205. The molecule has 0 heterocycles. The van der Waals surface area contributed by atoms with Gasteiger partial charge in [-0.05, 0) is 38.1 Å². The van der Waals surface area contributed by atoms with Gasteiger partial charge in [-0.25, -0.2) is 8.42 Å². The first-order valence-corrected chi connectivity index (χ1v) is 9.49. The predicted octanol–water partition coefficient (Wildman–Crippen LogP) is 4.59. The highest BCUT2D eigenvalue weighted by Crippen LogP contribution is 2.33. The van der Waals surface area contributed by atoms with Crippen molar-refractivity contribution >= 4 is 38.9 Å². The van der Waals surface area contributed by atoms with Gasteiger partial charge in [0, 0.05) is 6.07 Å². The predicted molar refractivity (Wildman–Crippen MR) is 96.1 cm³/mol. The molecule has 0 radical (unpaired) electrons. The molecule has 0 aliphatic carbocycles. The Labute approximate surface area is 151 Å². The molecule has 2 rings (SSSR count). The van der Waals surface area contributed by atoms with E-state index in [9.17, 15) is 8.42 Å². The van der Waals surface area contributed by atoms with Crippen molar-refractivity contribution in [3.05, 3.63) is 46.4 Å². The first kappa shape index (κ1) is 18.7. The van der Waals surface area contributed by atoms with Crippen LogP contribution in [0.1, 0.15) is 13.8 Å². The summed E-state index contributed by atoms with van der Waals surface area (Å²) in [6, 6.07) is 9.12. The molecule has 0 amide bonds. The molecule has 8 heteroatoms. The number of rotatable bonds is 7. The lowest BCUT2D eigenvalue weighted by molar-refractivity contribution is 0.287. The number of hydrogen-bond acceptors (Lipinski definition) is 4. The summed E-state index contributed by atoms with van der Waals surface area (Å²) in [6.07, 6.45) is 0. The fourth-order valence-corrected chi connectivity index (χ4v) is 3.48. The normalized spacial score (nSPS) is 11.2. The first-order valence-electron chi connectivity index (χ1n) is 7.25. The number of halogens is 2. The molecule has 0 atom stereocenters. The standard InChI is InChI=1S/C16H17Cl2NO4S/c1-3-22-14-9-8-11(10-15(14)23-4-2)24(20,21)19-13-7-5-6-12(17)16(13)18/h5-10,19H,3-4H2,1-2H3. The van der Waals surface area contributed by atoms with E-state index in [4.69, 9.17) is 32.7 Å². The van der Waals surface area contributed by atoms with Gasteiger partial charge in [0.25, 0.3) is 10.0 Å². The lowest BCUT2D eigenvalue weighted by atomic mass is 10.3. The fourth-order valence-electron chi connectivity index (χ4n) is 1.98. The summed E-state index contributed by atoms with van der Waals surface area (Å²) < 4.78 is 38.5. The molecule has 1 N–H and O–H groups in total. The average Bonchev–Trinajstić information content (AvgIpc) is 2.54. The van der Waals surface area contributed by atoms with Crippen LogP contribution in [0.25, 0.3) is 0 Å². The minimum Gasteiger partial charge on any atom is -0.490 e. The van der Waals surface area contributed by atoms with Gasteiger partial charge in [0.2, 0.25) is 0 Å². The second-order valence-electron chi connectivity index (χ2n) is 4.68. The fraction of sp³-hybridized carbons (Fsp3) is 0.250. The first-order chi connectivity index (χ1) is 11.4. The number of anilines is 1. The molecule has 5 nitrogen and oxygen atoms in total. The molecule has 0 unspecified atom stereocenters. The van der Waals surface area contributed by atoms with Gasteiger partial charge in [0.05, 0.1) is 33.8 Å². The molecular formula is C16H17Cl2NO4S. The van der Waals surface area contributed by atoms with E-state index in [1.54, 1.807) is 25.1 Å². The van der Waals surface area contributed by atoms with E-state index in [-0.39, 0.29) is 20.6 Å². The van der Waals surface area contributed by atoms with Crippen LogP contribution in [-0.4, -0.2) is 21.6 Å². The van der Waals surface area contributed by atoms with Crippen molar-refractivity contribution in [2.75, 3.05) is 17.9 Å². The highest BCUT2D eigenvalue weighted by Gasteiger charge is 2.19. The maximum Gasteiger partial charge on any atom is 0.262 e. The largest absolute Gasteiger partial charge is 0.490 e. The summed E-state index contributed by atoms with van der Waals surface area (Å²) in [4.78, 5) is 0.0328. The highest BCUT2D eigenvalue weighted by molar-refractivity contribution is 7.92. The highest BCUT2D eigenvalue weighted by atomic mass is 35.5. The summed E-state index contributed by atoms with van der Waals surface area (Å²) in [6.45, 7) is 4.48. The quantitative estimate of drug-likeness (QED) is 0.751. The van der Waals surface area contributed by atoms with Crippen LogP contribution < -0.4 is 14.2 Å². The van der Waals surface area contributed by atoms with Crippen LogP contribution in [0.4, 0.5) is 5.69 Å². The summed E-state index contributed by atoms with van der Waals surface area (Å²) >= 11 is 11.9. The summed E-state index contributed by atoms with van der Waals surface area (Å²) in [5, 5.41) is 0.400. The van der Waals surface area contributed by atoms with E-state index in [0.717, 1.165) is 0 Å². The zero-order valence-electron chi connectivity index (χ0n) is 13.2. The third-order valence-corrected chi connectivity index (χ3v) is 5.20. The third-order valence-electron chi connectivity index (χ3n) is 3.02. The van der Waals surface area contributed by atoms with Gasteiger partial charge in [-0.3, -0.25) is 4.72 Å². The van der Waals surface area contributed by atoms with Gasteiger partial charge in [-0.15, -0.1) is 0 Å². The zero-order valence-corrected chi connectivity index (χ0v) is 15.5. The van der Waals surface area contributed by atoms with Crippen LogP contribution in [0.3, 0.4) is 0 Å². The van der Waals surface area contributed by atoms with E-state index in [2.05, 4.69) is 4.72 Å². The second kappa shape index (κ2) is 7.96. The molecule has 24 heavy (non-hydrogen) atoms. The van der Waals surface area contributed by atoms with Crippen LogP contribution in [0.2, 0.25) is 10.0 Å². The maximum atomic E-state index is 12.6. The molecule has 0 saturated heterocycles. The molecule has 0 bridgehead atoms. The molecular weight excluding hydrogens is 373 g/mol. The Morgan fingerprint density at radius 3 is 2.33 bits per heavy atom. The van der Waals surface area contributed by atoms with E-state index < -0.39 is 10.0 Å². The lowest BCUT2D eigenvalue weighted by Gasteiger charge is -2.14. The molecule has 2 aromatic carbocycles. The summed E-state index contributed by atoms with van der Waals surface area (Å²) in [5.74, 6) is 0.846. The van der Waals surface area contributed by atoms with Crippen molar-refractivity contribution < 1.29 is 17.9 Å². The maximum absolute atomic E-state index is 12.6. The Morgan fingerprint density at radius 2 is 1.67 bits per heavy atom. The Hall–Kier alpha value is -1.63. The third kappa shape index (κ3) is 4.26. The molecule has 0 spiro atoms. The van der Waals surface area contributed by atoms with Crippen molar-refractivity contribution in [1.29, 1.82) is 0 Å². The van der Waals surface area contributed by atoms with Crippen LogP contribution in [-0.2, 0) is 10.0 Å². The van der Waals surface area contributed by atoms with Crippen molar-refractivity contribution in [3.8, 4) is 11.5 Å². The smallest absolute Gasteiger partial charge is 0.262 e. The van der Waals surface area contributed by atoms with Crippen LogP contribution in [0, 0.1) is 0 Å². The number of sulfonamides is 1. The Balaban J connectivity index is 2.38. The van der Waals surface area contributed by atoms with Gasteiger partial charge in [-0.1, -0.05) is 29.3 Å². The van der Waals surface area contributed by atoms with Crippen molar-refractivity contribution in [1.82, 2.24) is 0 Å². The molecule has 2 aromatic rings. The molecule has 130 valence electrons. The zero-order chi connectivity index (χ0) is 17.7. The van der Waals surface area contributed by atoms with Crippen LogP contribution in [0.5, 0.6) is 11.5 Å². The van der Waals surface area contributed by atoms with E-state index in [0.29, 0.717) is 24.7 Å². The Bertz CT molecular complexity index is 825. The lowest BCUT2D eigenvalue weighted by Crippen LogP contribution is -2.13. The minimum absolute atomic E-state index is 0.0328. The summed E-state index contributed by atoms with van der Waals surface area (Å²) in [7, 11) is -3.85. The van der Waals surface area contributed by atoms with Crippen molar-refractivity contribution in [2.45, 2.75) is 18.7 Å². The Morgan fingerprint density at radius 1 is 1.00 bits per heavy atom. The molecule has 0 saturated carbocycles. The van der Waals surface area contributed by atoms with E-state index >= 15 is 0 Å². The van der Waals surface area contributed by atoms with Gasteiger partial charge in [-0.2, -0.15) is 0 Å². The second-order valence-corrected chi connectivity index (χ2v) is 7.15. The monoisotopic (exact) mass is 389 g/mol. The molecule has 0 aliphatic rings. The van der Waals surface area contributed by atoms with Gasteiger partial charge >= 0.3 is 0 Å². The number of nitrogens with one attached hydrogen (secondary N) is 1. The molecule has 0 fully saturated rings. The van der Waals surface area contributed by atoms with E-state index in [1.165, 1.54) is 18.2 Å². The average molecular weight is 390 g/mol. The number of ether oxygens (including phenoxy) is 2. The SMILES string of the molecule is CCOc1ccc(S(=O)(=O)Nc2cccc(Cl)c2Cl)cc1OCC. The van der Waals surface area contributed by atoms with Gasteiger partial charge in [0.15, 0.2) is 11.5 Å². The number of hydrogen-bond donors (Lipinski definition) is 1. The number of benzene rings is 2. The molecule has 0 aliphatic heterocycles. The van der Waals surface area contributed by atoms with Gasteiger partial charge < -0.3 is 9.47 Å². The molecule has 0 aromatic heterocycles. The van der Waals surface area contributed by atoms with E-state index in [1.807, 2.05) is 6.92 Å². The van der Waals surface area contributed by atoms with Crippen LogP contribution >= 0.6 is 23.2 Å². The van der Waals surface area contributed by atoms with Crippen LogP contribution in [0.15, 0.2) is 41.3 Å². The van der Waals surface area contributed by atoms with Crippen molar-refractivity contribution in [2.24, 2.45) is 0 Å². The Kier molecular flexibility index (Phi) is 6.21. The minimum atomic E-state index is -3.85. The van der Waals surface area contributed by atoms with Gasteiger partial charge in [0.1, 0.15) is 0 Å².